The number of hydrogen-bond acceptors (Lipinski definition) is 2. The number of guanidine groups is 1. The molecule has 2 rings (SSSR count). The van der Waals surface area contributed by atoms with Crippen molar-refractivity contribution in [3.8, 4) is 0 Å². The predicted octanol–water partition coefficient (Wildman–Crippen LogP) is 3.60. The number of nitrogens with zero attached hydrogens (tertiary/aromatic N) is 2. The number of halogens is 1. The molecule has 0 bridgehead atoms. The van der Waals surface area contributed by atoms with E-state index >= 15 is 0 Å². The number of nitrogens with one attached hydrogen (secondary N) is 2. The summed E-state index contributed by atoms with van der Waals surface area (Å²) < 4.78 is 0. The summed E-state index contributed by atoms with van der Waals surface area (Å²) in [5, 5.41) is 6.69. The van der Waals surface area contributed by atoms with E-state index in [0.29, 0.717) is 0 Å². The van der Waals surface area contributed by atoms with Crippen molar-refractivity contribution in [1.82, 2.24) is 15.6 Å². The van der Waals surface area contributed by atoms with Crippen molar-refractivity contribution in [2.45, 2.75) is 33.1 Å². The van der Waals surface area contributed by atoms with E-state index in [-0.39, 0.29) is 24.0 Å². The Balaban J connectivity index is 0.00000312. The van der Waals surface area contributed by atoms with Crippen LogP contribution in [0.25, 0.3) is 0 Å². The van der Waals surface area contributed by atoms with Gasteiger partial charge in [-0.1, -0.05) is 37.3 Å². The lowest BCUT2D eigenvalue weighted by Gasteiger charge is -2.11. The summed E-state index contributed by atoms with van der Waals surface area (Å²) >= 11 is 0. The van der Waals surface area contributed by atoms with E-state index in [1.54, 1.807) is 0 Å². The number of rotatable bonds is 8. The Morgan fingerprint density at radius 3 is 2.36 bits per heavy atom. The Morgan fingerprint density at radius 1 is 0.960 bits per heavy atom. The highest BCUT2D eigenvalue weighted by atomic mass is 127. The van der Waals surface area contributed by atoms with Gasteiger partial charge in [-0.3, -0.25) is 9.98 Å². The second-order valence-electron chi connectivity index (χ2n) is 5.68. The zero-order chi connectivity index (χ0) is 17.0. The fraction of sp³-hybridized carbons (Fsp3) is 0.400. The third-order valence-electron chi connectivity index (χ3n) is 3.85. The Hall–Kier alpha value is -1.63. The van der Waals surface area contributed by atoms with Crippen LogP contribution in [0.2, 0.25) is 0 Å². The Bertz CT molecular complexity index is 611. The minimum absolute atomic E-state index is 0. The summed E-state index contributed by atoms with van der Waals surface area (Å²) in [6, 6.07) is 14.8. The zero-order valence-corrected chi connectivity index (χ0v) is 17.5. The second kappa shape index (κ2) is 12.7. The number of aryl methyl sites for hydroxylation is 1. The van der Waals surface area contributed by atoms with Gasteiger partial charge in [-0.25, -0.2) is 0 Å². The first-order chi connectivity index (χ1) is 11.8. The summed E-state index contributed by atoms with van der Waals surface area (Å²) in [6.45, 7) is 6.74. The normalized spacial score (nSPS) is 10.9. The highest BCUT2D eigenvalue weighted by Crippen LogP contribution is 2.05. The molecule has 1 heterocycles. The molecule has 0 aliphatic rings. The molecule has 0 unspecified atom stereocenters. The Kier molecular flexibility index (Phi) is 10.9. The van der Waals surface area contributed by atoms with Crippen LogP contribution in [0.1, 0.15) is 30.7 Å². The molecule has 2 N–H and O–H groups in total. The molecule has 0 aliphatic heterocycles. The van der Waals surface area contributed by atoms with E-state index in [2.05, 4.69) is 58.7 Å². The number of aromatic nitrogens is 1. The largest absolute Gasteiger partial charge is 0.357 e. The van der Waals surface area contributed by atoms with Gasteiger partial charge in [-0.15, -0.1) is 24.0 Å². The second-order valence-corrected chi connectivity index (χ2v) is 5.68. The molecule has 1 aromatic carbocycles. The van der Waals surface area contributed by atoms with Crippen LogP contribution in [-0.2, 0) is 19.3 Å². The quantitative estimate of drug-likeness (QED) is 0.366. The van der Waals surface area contributed by atoms with Gasteiger partial charge in [-0.2, -0.15) is 0 Å². The summed E-state index contributed by atoms with van der Waals surface area (Å²) in [5.41, 5.74) is 3.81. The lowest BCUT2D eigenvalue weighted by atomic mass is 10.1. The lowest BCUT2D eigenvalue weighted by molar-refractivity contribution is 0.794. The van der Waals surface area contributed by atoms with Gasteiger partial charge < -0.3 is 10.6 Å². The average Bonchev–Trinajstić information content (AvgIpc) is 2.63. The molecule has 0 fully saturated rings. The van der Waals surface area contributed by atoms with Crippen LogP contribution < -0.4 is 10.6 Å². The fourth-order valence-corrected chi connectivity index (χ4v) is 2.44. The maximum atomic E-state index is 4.62. The highest BCUT2D eigenvalue weighted by Gasteiger charge is 1.99. The standard InChI is InChI=1S/C20H28N4.HI/c1-3-17-8-10-18(11-9-17)12-15-23-20(21-4-2)24-16-13-19-7-5-6-14-22-19;/h5-11,14H,3-4,12-13,15-16H2,1-2H3,(H2,21,23,24);1H. The molecule has 0 atom stereocenters. The molecule has 0 aliphatic carbocycles. The lowest BCUT2D eigenvalue weighted by Crippen LogP contribution is -2.38. The van der Waals surface area contributed by atoms with Gasteiger partial charge in [0, 0.05) is 37.9 Å². The van der Waals surface area contributed by atoms with Crippen LogP contribution in [-0.4, -0.2) is 30.6 Å². The third-order valence-corrected chi connectivity index (χ3v) is 3.85. The first-order valence-corrected chi connectivity index (χ1v) is 8.81. The SMILES string of the molecule is CCNC(=NCCc1ccccn1)NCCc1ccc(CC)cc1.I. The average molecular weight is 452 g/mol. The van der Waals surface area contributed by atoms with Crippen molar-refractivity contribution in [2.75, 3.05) is 19.6 Å². The molecule has 2 aromatic rings. The van der Waals surface area contributed by atoms with Gasteiger partial charge in [-0.05, 0) is 43.0 Å². The van der Waals surface area contributed by atoms with Gasteiger partial charge in [0.05, 0.1) is 0 Å². The molecule has 0 saturated carbocycles. The van der Waals surface area contributed by atoms with Crippen molar-refractivity contribution in [1.29, 1.82) is 0 Å². The first-order valence-electron chi connectivity index (χ1n) is 8.81. The van der Waals surface area contributed by atoms with Crippen LogP contribution >= 0.6 is 24.0 Å². The zero-order valence-electron chi connectivity index (χ0n) is 15.2. The van der Waals surface area contributed by atoms with Gasteiger partial charge in [0.25, 0.3) is 0 Å². The summed E-state index contributed by atoms with van der Waals surface area (Å²) in [4.78, 5) is 8.95. The van der Waals surface area contributed by atoms with Crippen molar-refractivity contribution in [3.05, 3.63) is 65.5 Å². The maximum absolute atomic E-state index is 4.62. The van der Waals surface area contributed by atoms with Crippen LogP contribution in [0.3, 0.4) is 0 Å². The third kappa shape index (κ3) is 8.34. The summed E-state index contributed by atoms with van der Waals surface area (Å²) in [5.74, 6) is 0.874. The molecular weight excluding hydrogens is 423 g/mol. The molecule has 25 heavy (non-hydrogen) atoms. The first kappa shape index (κ1) is 21.4. The van der Waals surface area contributed by atoms with Crippen molar-refractivity contribution >= 4 is 29.9 Å². The van der Waals surface area contributed by atoms with Crippen molar-refractivity contribution < 1.29 is 0 Å². The minimum Gasteiger partial charge on any atom is -0.357 e. The topological polar surface area (TPSA) is 49.3 Å². The van der Waals surface area contributed by atoms with E-state index in [4.69, 9.17) is 0 Å². The molecule has 0 spiro atoms. The highest BCUT2D eigenvalue weighted by molar-refractivity contribution is 14.0. The number of aliphatic imine (C=N–C) groups is 1. The number of pyridine rings is 1. The predicted molar refractivity (Wildman–Crippen MR) is 117 cm³/mol. The van der Waals surface area contributed by atoms with Gasteiger partial charge in [0.1, 0.15) is 0 Å². The van der Waals surface area contributed by atoms with Crippen LogP contribution in [0.5, 0.6) is 0 Å². The van der Waals surface area contributed by atoms with Gasteiger partial charge in [0.2, 0.25) is 0 Å². The summed E-state index contributed by atoms with van der Waals surface area (Å²) in [6.07, 6.45) is 4.77. The smallest absolute Gasteiger partial charge is 0.191 e. The van der Waals surface area contributed by atoms with E-state index < -0.39 is 0 Å². The maximum Gasteiger partial charge on any atom is 0.191 e. The molecule has 136 valence electrons. The van der Waals surface area contributed by atoms with Gasteiger partial charge in [0.15, 0.2) is 5.96 Å². The minimum atomic E-state index is 0. The van der Waals surface area contributed by atoms with Crippen LogP contribution in [0.15, 0.2) is 53.7 Å². The summed E-state index contributed by atoms with van der Waals surface area (Å²) in [7, 11) is 0. The van der Waals surface area contributed by atoms with E-state index in [1.165, 1.54) is 11.1 Å². The van der Waals surface area contributed by atoms with E-state index in [1.807, 2.05) is 24.4 Å². The Labute approximate surface area is 168 Å². The molecule has 5 heteroatoms. The fourth-order valence-electron chi connectivity index (χ4n) is 2.44. The molecule has 0 saturated heterocycles. The van der Waals surface area contributed by atoms with E-state index in [0.717, 1.165) is 50.6 Å². The molecule has 0 amide bonds. The van der Waals surface area contributed by atoms with Crippen LogP contribution in [0, 0.1) is 0 Å². The van der Waals surface area contributed by atoms with E-state index in [9.17, 15) is 0 Å². The number of benzene rings is 1. The van der Waals surface area contributed by atoms with Crippen molar-refractivity contribution in [3.63, 3.8) is 0 Å². The molecule has 1 aromatic heterocycles. The van der Waals surface area contributed by atoms with Gasteiger partial charge >= 0.3 is 0 Å². The number of hydrogen-bond donors (Lipinski definition) is 2. The molecule has 0 radical (unpaired) electrons. The molecule has 4 nitrogen and oxygen atoms in total. The Morgan fingerprint density at radius 2 is 1.72 bits per heavy atom. The monoisotopic (exact) mass is 452 g/mol. The van der Waals surface area contributed by atoms with Crippen molar-refractivity contribution in [2.24, 2.45) is 4.99 Å². The molecular formula is C20H29IN4. The van der Waals surface area contributed by atoms with Crippen LogP contribution in [0.4, 0.5) is 0 Å².